The number of carbonyl (C=O) groups is 1. The maximum Gasteiger partial charge on any atom is 0.239 e. The lowest BCUT2D eigenvalue weighted by atomic mass is 10.0. The Hall–Kier alpha value is -2.37. The molecule has 0 bridgehead atoms. The van der Waals surface area contributed by atoms with E-state index in [0.717, 1.165) is 22.4 Å². The predicted molar refractivity (Wildman–Crippen MR) is 92.9 cm³/mol. The van der Waals surface area contributed by atoms with Crippen LogP contribution in [0.25, 0.3) is 11.1 Å². The largest absolute Gasteiger partial charge is 0.497 e. The van der Waals surface area contributed by atoms with Crippen molar-refractivity contribution in [2.24, 2.45) is 0 Å². The van der Waals surface area contributed by atoms with Crippen LogP contribution in [0.5, 0.6) is 5.75 Å². The Morgan fingerprint density at radius 2 is 1.83 bits per heavy atom. The minimum Gasteiger partial charge on any atom is -0.497 e. The molecule has 1 aliphatic rings. The van der Waals surface area contributed by atoms with Crippen molar-refractivity contribution in [3.63, 3.8) is 0 Å². The highest BCUT2D eigenvalue weighted by atomic mass is 16.5. The Balaban J connectivity index is 1.56. The molecule has 1 unspecified atom stereocenters. The molecule has 0 radical (unpaired) electrons. The van der Waals surface area contributed by atoms with Crippen molar-refractivity contribution in [2.75, 3.05) is 26.9 Å². The second-order valence-electron chi connectivity index (χ2n) is 5.72. The smallest absolute Gasteiger partial charge is 0.239 e. The van der Waals surface area contributed by atoms with Crippen LogP contribution in [-0.2, 0) is 16.1 Å². The minimum absolute atomic E-state index is 0.0195. The van der Waals surface area contributed by atoms with E-state index in [0.29, 0.717) is 26.3 Å². The summed E-state index contributed by atoms with van der Waals surface area (Å²) in [5.41, 5.74) is 3.34. The number of hydrogen-bond acceptors (Lipinski definition) is 4. The molecule has 1 fully saturated rings. The van der Waals surface area contributed by atoms with Crippen molar-refractivity contribution in [3.8, 4) is 16.9 Å². The number of benzene rings is 2. The summed E-state index contributed by atoms with van der Waals surface area (Å²) in [5.74, 6) is 0.826. The van der Waals surface area contributed by atoms with Crippen molar-refractivity contribution in [3.05, 3.63) is 54.1 Å². The van der Waals surface area contributed by atoms with Crippen molar-refractivity contribution in [2.45, 2.75) is 12.6 Å². The van der Waals surface area contributed by atoms with Crippen LogP contribution in [0, 0.1) is 0 Å². The molecular formula is C19H22N2O3. The molecule has 3 rings (SSSR count). The molecule has 2 aromatic rings. The Morgan fingerprint density at radius 1 is 1.17 bits per heavy atom. The van der Waals surface area contributed by atoms with E-state index in [-0.39, 0.29) is 11.9 Å². The fourth-order valence-corrected chi connectivity index (χ4v) is 2.64. The van der Waals surface area contributed by atoms with Crippen LogP contribution >= 0.6 is 0 Å². The highest BCUT2D eigenvalue weighted by molar-refractivity contribution is 5.82. The molecule has 0 aliphatic carbocycles. The maximum absolute atomic E-state index is 12.1. The first kappa shape index (κ1) is 16.5. The first-order chi connectivity index (χ1) is 11.8. The van der Waals surface area contributed by atoms with Crippen molar-refractivity contribution in [1.82, 2.24) is 10.6 Å². The number of ether oxygens (including phenoxy) is 2. The van der Waals surface area contributed by atoms with Gasteiger partial charge in [0.15, 0.2) is 0 Å². The molecule has 24 heavy (non-hydrogen) atoms. The summed E-state index contributed by atoms with van der Waals surface area (Å²) in [5, 5.41) is 6.09. The van der Waals surface area contributed by atoms with Gasteiger partial charge in [0.05, 0.1) is 20.3 Å². The summed E-state index contributed by atoms with van der Waals surface area (Å²) in [7, 11) is 1.66. The van der Waals surface area contributed by atoms with Crippen LogP contribution in [0.15, 0.2) is 48.5 Å². The lowest BCUT2D eigenvalue weighted by Crippen LogP contribution is -2.51. The number of carbonyl (C=O) groups excluding carboxylic acids is 1. The average Bonchev–Trinajstić information content (AvgIpc) is 2.67. The summed E-state index contributed by atoms with van der Waals surface area (Å²) >= 11 is 0. The third-order valence-electron chi connectivity index (χ3n) is 4.08. The van der Waals surface area contributed by atoms with Gasteiger partial charge in [-0.05, 0) is 28.8 Å². The highest BCUT2D eigenvalue weighted by Crippen LogP contribution is 2.22. The lowest BCUT2D eigenvalue weighted by molar-refractivity contribution is -0.126. The Morgan fingerprint density at radius 3 is 2.42 bits per heavy atom. The zero-order valence-corrected chi connectivity index (χ0v) is 13.7. The monoisotopic (exact) mass is 326 g/mol. The molecule has 2 aromatic carbocycles. The molecule has 1 atom stereocenters. The number of methoxy groups -OCH3 is 1. The van der Waals surface area contributed by atoms with Gasteiger partial charge < -0.3 is 20.1 Å². The summed E-state index contributed by atoms with van der Waals surface area (Å²) < 4.78 is 10.5. The standard InChI is InChI=1S/C19H22N2O3/c1-23-17-8-6-16(7-9-17)15-4-2-14(3-5-15)12-21-19(22)18-13-24-11-10-20-18/h2-9,18,20H,10-13H2,1H3,(H,21,22). The normalized spacial score (nSPS) is 17.3. The molecule has 1 aliphatic heterocycles. The topological polar surface area (TPSA) is 59.6 Å². The van der Waals surface area contributed by atoms with Crippen LogP contribution in [0.3, 0.4) is 0 Å². The van der Waals surface area contributed by atoms with Gasteiger partial charge in [0, 0.05) is 13.1 Å². The predicted octanol–water partition coefficient (Wildman–Crippen LogP) is 1.97. The zero-order chi connectivity index (χ0) is 16.8. The van der Waals surface area contributed by atoms with E-state index in [9.17, 15) is 4.79 Å². The van der Waals surface area contributed by atoms with E-state index in [2.05, 4.69) is 22.8 Å². The van der Waals surface area contributed by atoms with E-state index in [4.69, 9.17) is 9.47 Å². The van der Waals surface area contributed by atoms with E-state index >= 15 is 0 Å². The van der Waals surface area contributed by atoms with E-state index in [1.165, 1.54) is 0 Å². The van der Waals surface area contributed by atoms with Crippen LogP contribution in [-0.4, -0.2) is 38.8 Å². The van der Waals surface area contributed by atoms with Crippen molar-refractivity contribution < 1.29 is 14.3 Å². The third-order valence-corrected chi connectivity index (χ3v) is 4.08. The van der Waals surface area contributed by atoms with Crippen LogP contribution in [0.4, 0.5) is 0 Å². The SMILES string of the molecule is COc1ccc(-c2ccc(CNC(=O)C3COCCN3)cc2)cc1. The molecule has 1 saturated heterocycles. The molecule has 126 valence electrons. The molecule has 0 aromatic heterocycles. The fourth-order valence-electron chi connectivity index (χ4n) is 2.64. The molecule has 5 nitrogen and oxygen atoms in total. The third kappa shape index (κ3) is 4.13. The molecule has 2 N–H and O–H groups in total. The van der Waals surface area contributed by atoms with Gasteiger partial charge >= 0.3 is 0 Å². The molecule has 0 saturated carbocycles. The van der Waals surface area contributed by atoms with Crippen molar-refractivity contribution >= 4 is 5.91 Å². The van der Waals surface area contributed by atoms with Crippen molar-refractivity contribution in [1.29, 1.82) is 0 Å². The zero-order valence-electron chi connectivity index (χ0n) is 13.7. The Bertz CT molecular complexity index is 662. The van der Waals surface area contributed by atoms with Gasteiger partial charge in [-0.2, -0.15) is 0 Å². The van der Waals surface area contributed by atoms with Crippen LogP contribution in [0.1, 0.15) is 5.56 Å². The number of morpholine rings is 1. The second kappa shape index (κ2) is 7.95. The van der Waals surface area contributed by atoms with Gasteiger partial charge in [-0.25, -0.2) is 0 Å². The number of hydrogen-bond donors (Lipinski definition) is 2. The second-order valence-corrected chi connectivity index (χ2v) is 5.72. The number of rotatable bonds is 5. The average molecular weight is 326 g/mol. The first-order valence-electron chi connectivity index (χ1n) is 8.08. The lowest BCUT2D eigenvalue weighted by Gasteiger charge is -2.22. The number of nitrogens with one attached hydrogen (secondary N) is 2. The minimum atomic E-state index is -0.252. The molecule has 5 heteroatoms. The summed E-state index contributed by atoms with van der Waals surface area (Å²) in [6, 6.07) is 15.9. The van der Waals surface area contributed by atoms with Gasteiger partial charge in [-0.1, -0.05) is 36.4 Å². The van der Waals surface area contributed by atoms with Gasteiger partial charge in [-0.15, -0.1) is 0 Å². The van der Waals surface area contributed by atoms with Gasteiger partial charge in [0.2, 0.25) is 5.91 Å². The quantitative estimate of drug-likeness (QED) is 0.882. The highest BCUT2D eigenvalue weighted by Gasteiger charge is 2.20. The molecule has 1 amide bonds. The van der Waals surface area contributed by atoms with Crippen LogP contribution in [0.2, 0.25) is 0 Å². The number of amides is 1. The molecule has 0 spiro atoms. The summed E-state index contributed by atoms with van der Waals surface area (Å²) in [6.07, 6.45) is 0. The summed E-state index contributed by atoms with van der Waals surface area (Å²) in [4.78, 5) is 12.1. The molecular weight excluding hydrogens is 304 g/mol. The van der Waals surface area contributed by atoms with Gasteiger partial charge in [-0.3, -0.25) is 4.79 Å². The fraction of sp³-hybridized carbons (Fsp3) is 0.316. The van der Waals surface area contributed by atoms with Crippen LogP contribution < -0.4 is 15.4 Å². The van der Waals surface area contributed by atoms with E-state index in [1.807, 2.05) is 36.4 Å². The maximum atomic E-state index is 12.1. The Kier molecular flexibility index (Phi) is 5.46. The van der Waals surface area contributed by atoms with E-state index < -0.39 is 0 Å². The van der Waals surface area contributed by atoms with Gasteiger partial charge in [0.1, 0.15) is 11.8 Å². The van der Waals surface area contributed by atoms with E-state index in [1.54, 1.807) is 7.11 Å². The summed E-state index contributed by atoms with van der Waals surface area (Å²) in [6.45, 7) is 2.33. The first-order valence-corrected chi connectivity index (χ1v) is 8.08. The molecule has 1 heterocycles. The Labute approximate surface area is 142 Å². The van der Waals surface area contributed by atoms with Gasteiger partial charge in [0.25, 0.3) is 0 Å².